The average Bonchev–Trinajstić information content (AvgIpc) is 2.82. The molecule has 0 aromatic heterocycles. The van der Waals surface area contributed by atoms with Crippen molar-refractivity contribution in [1.82, 2.24) is 15.8 Å². The maximum Gasteiger partial charge on any atom is 0.324 e. The largest absolute Gasteiger partial charge is 0.324 e. The van der Waals surface area contributed by atoms with Crippen LogP contribution in [0.4, 0.5) is 19.3 Å². The highest BCUT2D eigenvalue weighted by atomic mass is 35.5. The van der Waals surface area contributed by atoms with Crippen LogP contribution >= 0.6 is 23.4 Å². The van der Waals surface area contributed by atoms with Gasteiger partial charge < -0.3 is 4.90 Å². The Kier molecular flexibility index (Phi) is 8.29. The molecule has 2 aromatic rings. The van der Waals surface area contributed by atoms with E-state index in [0.717, 1.165) is 11.5 Å². The van der Waals surface area contributed by atoms with E-state index in [1.54, 1.807) is 33.1 Å². The number of hydrogen-bond donors (Lipinski definition) is 2. The Hall–Kier alpha value is -2.85. The van der Waals surface area contributed by atoms with E-state index in [1.165, 1.54) is 12.1 Å². The lowest BCUT2D eigenvalue weighted by molar-refractivity contribution is -0.132. The van der Waals surface area contributed by atoms with E-state index >= 15 is 0 Å². The zero-order valence-corrected chi connectivity index (χ0v) is 18.5. The molecule has 0 unspecified atom stereocenters. The lowest BCUT2D eigenvalue weighted by atomic mass is 10.1. The molecule has 1 aliphatic rings. The van der Waals surface area contributed by atoms with Crippen LogP contribution in [-0.4, -0.2) is 53.8 Å². The lowest BCUT2D eigenvalue weighted by Crippen LogP contribution is -2.46. The number of anilines is 1. The second-order valence-electron chi connectivity index (χ2n) is 6.85. The van der Waals surface area contributed by atoms with Crippen LogP contribution in [0.1, 0.15) is 15.9 Å². The van der Waals surface area contributed by atoms with Crippen LogP contribution in [0.2, 0.25) is 5.02 Å². The summed E-state index contributed by atoms with van der Waals surface area (Å²) in [5.41, 5.74) is 4.91. The molecule has 7 nitrogen and oxygen atoms in total. The SMILES string of the molecule is O=C(NNC(=O)C(F)F)c1ccc(CN(C(=O)N2CCSCC2)c2ccccc2)c(Cl)c1. The highest BCUT2D eigenvalue weighted by molar-refractivity contribution is 7.99. The molecule has 2 aromatic carbocycles. The van der Waals surface area contributed by atoms with E-state index in [0.29, 0.717) is 24.3 Å². The van der Waals surface area contributed by atoms with Crippen LogP contribution in [0.5, 0.6) is 0 Å². The smallest absolute Gasteiger partial charge is 0.323 e. The van der Waals surface area contributed by atoms with Gasteiger partial charge in [-0.3, -0.25) is 25.3 Å². The van der Waals surface area contributed by atoms with Crippen molar-refractivity contribution in [2.75, 3.05) is 29.5 Å². The third-order valence-electron chi connectivity index (χ3n) is 4.72. The molecule has 1 heterocycles. The van der Waals surface area contributed by atoms with E-state index in [2.05, 4.69) is 0 Å². The van der Waals surface area contributed by atoms with Gasteiger partial charge in [0.1, 0.15) is 0 Å². The highest BCUT2D eigenvalue weighted by Gasteiger charge is 2.25. The number of hydrogen-bond acceptors (Lipinski definition) is 4. The Bertz CT molecular complexity index is 975. The summed E-state index contributed by atoms with van der Waals surface area (Å²) in [6.45, 7) is 1.49. The molecule has 0 saturated carbocycles. The number of halogens is 3. The molecule has 0 atom stereocenters. The van der Waals surface area contributed by atoms with E-state index in [9.17, 15) is 23.2 Å². The number of urea groups is 1. The first-order chi connectivity index (χ1) is 15.4. The number of para-hydroxylation sites is 1. The van der Waals surface area contributed by atoms with Crippen LogP contribution in [0.15, 0.2) is 48.5 Å². The highest BCUT2D eigenvalue weighted by Crippen LogP contribution is 2.25. The molecule has 1 aliphatic heterocycles. The summed E-state index contributed by atoms with van der Waals surface area (Å²) < 4.78 is 24.5. The van der Waals surface area contributed by atoms with Gasteiger partial charge in [0.25, 0.3) is 5.91 Å². The van der Waals surface area contributed by atoms with Crippen molar-refractivity contribution >= 4 is 46.9 Å². The summed E-state index contributed by atoms with van der Waals surface area (Å²) >= 11 is 8.17. The molecule has 0 spiro atoms. The zero-order valence-electron chi connectivity index (χ0n) is 16.9. The van der Waals surface area contributed by atoms with Gasteiger partial charge in [0.2, 0.25) is 0 Å². The standard InChI is InChI=1S/C21H21ClF2N4O3S/c22-17-12-14(19(29)25-26-20(30)18(23)24)6-7-15(17)13-28(16-4-2-1-3-5-16)21(31)27-8-10-32-11-9-27/h1-7,12,18H,8-11,13H2,(H,25,29)(H,26,30). The predicted octanol–water partition coefficient (Wildman–Crippen LogP) is 3.54. The molecule has 0 bridgehead atoms. The maximum atomic E-state index is 13.2. The second-order valence-corrected chi connectivity index (χ2v) is 8.49. The Labute approximate surface area is 193 Å². The molecule has 11 heteroatoms. The minimum atomic E-state index is -3.25. The molecule has 0 aliphatic carbocycles. The monoisotopic (exact) mass is 482 g/mol. The Morgan fingerprint density at radius 1 is 1.06 bits per heavy atom. The minimum Gasteiger partial charge on any atom is -0.323 e. The first-order valence-corrected chi connectivity index (χ1v) is 11.3. The summed E-state index contributed by atoms with van der Waals surface area (Å²) in [5, 5.41) is 0.223. The minimum absolute atomic E-state index is 0.0685. The van der Waals surface area contributed by atoms with Crippen molar-refractivity contribution in [3.63, 3.8) is 0 Å². The summed E-state index contributed by atoms with van der Waals surface area (Å²) in [5.74, 6) is -0.661. The van der Waals surface area contributed by atoms with Gasteiger partial charge in [-0.05, 0) is 29.8 Å². The number of alkyl halides is 2. The van der Waals surface area contributed by atoms with Crippen LogP contribution in [0, 0.1) is 0 Å². The third kappa shape index (κ3) is 6.10. The molecule has 32 heavy (non-hydrogen) atoms. The first kappa shape index (κ1) is 23.8. The summed E-state index contributed by atoms with van der Waals surface area (Å²) in [4.78, 5) is 39.6. The number of carbonyl (C=O) groups is 3. The molecule has 1 saturated heterocycles. The van der Waals surface area contributed by atoms with Crippen molar-refractivity contribution in [2.45, 2.75) is 13.0 Å². The second kappa shape index (κ2) is 11.1. The quantitative estimate of drug-likeness (QED) is 0.639. The molecular weight excluding hydrogens is 462 g/mol. The summed E-state index contributed by atoms with van der Waals surface area (Å²) in [6.07, 6.45) is -3.25. The van der Waals surface area contributed by atoms with Crippen molar-refractivity contribution in [3.05, 3.63) is 64.7 Å². The van der Waals surface area contributed by atoms with Gasteiger partial charge in [-0.2, -0.15) is 20.5 Å². The van der Waals surface area contributed by atoms with Crippen LogP contribution in [-0.2, 0) is 11.3 Å². The lowest BCUT2D eigenvalue weighted by Gasteiger charge is -2.33. The van der Waals surface area contributed by atoms with Crippen LogP contribution < -0.4 is 15.8 Å². The van der Waals surface area contributed by atoms with E-state index < -0.39 is 18.2 Å². The maximum absolute atomic E-state index is 13.2. The number of carbonyl (C=O) groups excluding carboxylic acids is 3. The number of nitrogens with one attached hydrogen (secondary N) is 2. The van der Waals surface area contributed by atoms with Gasteiger partial charge in [0.15, 0.2) is 0 Å². The fourth-order valence-electron chi connectivity index (χ4n) is 3.03. The van der Waals surface area contributed by atoms with Gasteiger partial charge >= 0.3 is 18.4 Å². The van der Waals surface area contributed by atoms with Gasteiger partial charge in [0, 0.05) is 40.9 Å². The molecule has 4 amide bonds. The van der Waals surface area contributed by atoms with E-state index in [1.807, 2.05) is 35.8 Å². The van der Waals surface area contributed by atoms with Gasteiger partial charge in [-0.1, -0.05) is 35.9 Å². The van der Waals surface area contributed by atoms with E-state index in [-0.39, 0.29) is 23.2 Å². The summed E-state index contributed by atoms with van der Waals surface area (Å²) in [6, 6.07) is 13.4. The zero-order chi connectivity index (χ0) is 23.1. The Balaban J connectivity index is 1.76. The number of hydrazine groups is 1. The first-order valence-electron chi connectivity index (χ1n) is 9.73. The fourth-order valence-corrected chi connectivity index (χ4v) is 4.18. The van der Waals surface area contributed by atoms with Crippen molar-refractivity contribution in [1.29, 1.82) is 0 Å². The third-order valence-corrected chi connectivity index (χ3v) is 6.02. The Morgan fingerprint density at radius 2 is 1.75 bits per heavy atom. The van der Waals surface area contributed by atoms with Crippen molar-refractivity contribution < 1.29 is 23.2 Å². The predicted molar refractivity (Wildman–Crippen MR) is 120 cm³/mol. The normalized spacial score (nSPS) is 13.6. The van der Waals surface area contributed by atoms with Gasteiger partial charge in [-0.25, -0.2) is 4.79 Å². The van der Waals surface area contributed by atoms with Crippen LogP contribution in [0.25, 0.3) is 0 Å². The number of thioether (sulfide) groups is 1. The van der Waals surface area contributed by atoms with E-state index in [4.69, 9.17) is 11.6 Å². The molecule has 2 N–H and O–H groups in total. The van der Waals surface area contributed by atoms with Gasteiger partial charge in [0.05, 0.1) is 6.54 Å². The molecule has 3 rings (SSSR count). The topological polar surface area (TPSA) is 81.8 Å². The molecule has 0 radical (unpaired) electrons. The number of rotatable bonds is 5. The van der Waals surface area contributed by atoms with Gasteiger partial charge in [-0.15, -0.1) is 0 Å². The Morgan fingerprint density at radius 3 is 2.38 bits per heavy atom. The molecule has 170 valence electrons. The number of benzene rings is 2. The fraction of sp³-hybridized carbons (Fsp3) is 0.286. The molecular formula is C21H21ClF2N4O3S. The number of amides is 4. The number of nitrogens with zero attached hydrogens (tertiary/aromatic N) is 2. The summed E-state index contributed by atoms with van der Waals surface area (Å²) in [7, 11) is 0. The van der Waals surface area contributed by atoms with Crippen molar-refractivity contribution in [3.8, 4) is 0 Å². The molecule has 1 fully saturated rings. The van der Waals surface area contributed by atoms with Crippen LogP contribution in [0.3, 0.4) is 0 Å². The van der Waals surface area contributed by atoms with Crippen molar-refractivity contribution in [2.24, 2.45) is 0 Å². The average molecular weight is 483 g/mol.